The fourth-order valence-electron chi connectivity index (χ4n) is 2.17. The molecule has 0 spiro atoms. The summed E-state index contributed by atoms with van der Waals surface area (Å²) in [5.74, 6) is 0.365. The number of amides is 1. The third-order valence-electron chi connectivity index (χ3n) is 3.35. The van der Waals surface area contributed by atoms with Crippen molar-refractivity contribution in [1.29, 1.82) is 0 Å². The monoisotopic (exact) mass is 198 g/mol. The zero-order chi connectivity index (χ0) is 10.2. The minimum atomic E-state index is -0.596. The number of hydrogen-bond donors (Lipinski definition) is 2. The maximum absolute atomic E-state index is 11.8. The first-order chi connectivity index (χ1) is 6.64. The number of nitrogens with zero attached hydrogens (tertiary/aromatic N) is 1. The van der Waals surface area contributed by atoms with Gasteiger partial charge in [0.05, 0.1) is 24.6 Å². The molecule has 1 atom stereocenters. The van der Waals surface area contributed by atoms with Crippen LogP contribution >= 0.6 is 0 Å². The van der Waals surface area contributed by atoms with Crippen molar-refractivity contribution in [2.75, 3.05) is 26.2 Å². The fourth-order valence-corrected chi connectivity index (χ4v) is 2.17. The van der Waals surface area contributed by atoms with Gasteiger partial charge in [-0.3, -0.25) is 4.79 Å². The molecule has 4 heteroatoms. The number of carbonyl (C=O) groups is 1. The molecule has 2 aliphatic rings. The Morgan fingerprint density at radius 2 is 2.36 bits per heavy atom. The normalized spacial score (nSPS) is 30.1. The van der Waals surface area contributed by atoms with E-state index in [9.17, 15) is 9.90 Å². The largest absolute Gasteiger partial charge is 0.386 e. The van der Waals surface area contributed by atoms with Crippen LogP contribution < -0.4 is 5.32 Å². The summed E-state index contributed by atoms with van der Waals surface area (Å²) in [4.78, 5) is 13.6. The Kier molecular flexibility index (Phi) is 2.49. The van der Waals surface area contributed by atoms with E-state index in [-0.39, 0.29) is 11.8 Å². The molecule has 0 aliphatic carbocycles. The third-order valence-corrected chi connectivity index (χ3v) is 3.35. The summed E-state index contributed by atoms with van der Waals surface area (Å²) in [6.07, 6.45) is 1.68. The molecule has 80 valence electrons. The minimum Gasteiger partial charge on any atom is -0.386 e. The summed E-state index contributed by atoms with van der Waals surface area (Å²) in [6, 6.07) is 0. The second-order valence-electron chi connectivity index (χ2n) is 4.46. The van der Waals surface area contributed by atoms with Gasteiger partial charge in [-0.05, 0) is 19.4 Å². The van der Waals surface area contributed by atoms with E-state index >= 15 is 0 Å². The Morgan fingerprint density at radius 3 is 2.86 bits per heavy atom. The van der Waals surface area contributed by atoms with Gasteiger partial charge in [-0.1, -0.05) is 6.92 Å². The SMILES string of the molecule is CCC1(O)CN(C(=O)C2CCNC2)C1. The first-order valence-corrected chi connectivity index (χ1v) is 5.36. The topological polar surface area (TPSA) is 52.6 Å². The molecule has 2 fully saturated rings. The molecule has 2 heterocycles. The number of hydrogen-bond acceptors (Lipinski definition) is 3. The van der Waals surface area contributed by atoms with Crippen molar-refractivity contribution in [1.82, 2.24) is 10.2 Å². The van der Waals surface area contributed by atoms with Gasteiger partial charge < -0.3 is 15.3 Å². The first-order valence-electron chi connectivity index (χ1n) is 5.36. The molecule has 0 aromatic rings. The van der Waals surface area contributed by atoms with Gasteiger partial charge >= 0.3 is 0 Å². The van der Waals surface area contributed by atoms with Crippen molar-refractivity contribution >= 4 is 5.91 Å². The van der Waals surface area contributed by atoms with Crippen molar-refractivity contribution in [3.8, 4) is 0 Å². The minimum absolute atomic E-state index is 0.149. The highest BCUT2D eigenvalue weighted by molar-refractivity contribution is 5.80. The summed E-state index contributed by atoms with van der Waals surface area (Å²) < 4.78 is 0. The van der Waals surface area contributed by atoms with E-state index in [1.165, 1.54) is 0 Å². The predicted octanol–water partition coefficient (Wildman–Crippen LogP) is -0.421. The number of carbonyl (C=O) groups excluding carboxylic acids is 1. The van der Waals surface area contributed by atoms with Gasteiger partial charge in [-0.2, -0.15) is 0 Å². The Balaban J connectivity index is 1.84. The van der Waals surface area contributed by atoms with E-state index in [4.69, 9.17) is 0 Å². The number of nitrogens with one attached hydrogen (secondary N) is 1. The standard InChI is InChI=1S/C10H18N2O2/c1-2-10(14)6-12(7-10)9(13)8-3-4-11-5-8/h8,11,14H,2-7H2,1H3. The molecule has 14 heavy (non-hydrogen) atoms. The molecule has 0 aromatic carbocycles. The highest BCUT2D eigenvalue weighted by Crippen LogP contribution is 2.26. The van der Waals surface area contributed by atoms with E-state index in [1.54, 1.807) is 4.90 Å². The quantitative estimate of drug-likeness (QED) is 0.633. The Hall–Kier alpha value is -0.610. The molecular formula is C10H18N2O2. The van der Waals surface area contributed by atoms with Crippen LogP contribution in [0.2, 0.25) is 0 Å². The van der Waals surface area contributed by atoms with Gasteiger partial charge in [-0.25, -0.2) is 0 Å². The van der Waals surface area contributed by atoms with Crippen LogP contribution in [0.15, 0.2) is 0 Å². The van der Waals surface area contributed by atoms with Crippen LogP contribution in [0.25, 0.3) is 0 Å². The summed E-state index contributed by atoms with van der Waals surface area (Å²) in [5.41, 5.74) is -0.596. The summed E-state index contributed by atoms with van der Waals surface area (Å²) in [6.45, 7) is 4.76. The molecule has 2 saturated heterocycles. The highest BCUT2D eigenvalue weighted by atomic mass is 16.3. The average Bonchev–Trinajstić information content (AvgIpc) is 2.64. The second-order valence-corrected chi connectivity index (χ2v) is 4.46. The van der Waals surface area contributed by atoms with Crippen molar-refractivity contribution in [2.45, 2.75) is 25.4 Å². The van der Waals surface area contributed by atoms with Crippen molar-refractivity contribution in [3.63, 3.8) is 0 Å². The molecule has 1 amide bonds. The Bertz CT molecular complexity index is 230. The predicted molar refractivity (Wildman–Crippen MR) is 52.8 cm³/mol. The molecule has 4 nitrogen and oxygen atoms in total. The summed E-state index contributed by atoms with van der Waals surface area (Å²) in [5, 5.41) is 13.0. The smallest absolute Gasteiger partial charge is 0.227 e. The Labute approximate surface area is 84.3 Å². The number of rotatable bonds is 2. The van der Waals surface area contributed by atoms with E-state index in [2.05, 4.69) is 5.32 Å². The third kappa shape index (κ3) is 1.64. The fraction of sp³-hybridized carbons (Fsp3) is 0.900. The van der Waals surface area contributed by atoms with Gasteiger partial charge in [-0.15, -0.1) is 0 Å². The van der Waals surface area contributed by atoms with Crippen LogP contribution in [0.3, 0.4) is 0 Å². The molecule has 0 bridgehead atoms. The molecular weight excluding hydrogens is 180 g/mol. The zero-order valence-electron chi connectivity index (χ0n) is 8.62. The molecule has 0 saturated carbocycles. The number of likely N-dealkylation sites (tertiary alicyclic amines) is 1. The van der Waals surface area contributed by atoms with Crippen LogP contribution in [0.1, 0.15) is 19.8 Å². The number of β-amino-alcohol motifs (C(OH)–C–C–N with tert-alkyl or cyclic N) is 1. The number of aliphatic hydroxyl groups is 1. The molecule has 0 aromatic heterocycles. The van der Waals surface area contributed by atoms with Gasteiger partial charge in [0.2, 0.25) is 5.91 Å². The van der Waals surface area contributed by atoms with E-state index in [1.807, 2.05) is 6.92 Å². The van der Waals surface area contributed by atoms with Gasteiger partial charge in [0, 0.05) is 6.54 Å². The molecule has 0 radical (unpaired) electrons. The maximum atomic E-state index is 11.8. The van der Waals surface area contributed by atoms with Gasteiger partial charge in [0.1, 0.15) is 0 Å². The van der Waals surface area contributed by atoms with Crippen molar-refractivity contribution in [3.05, 3.63) is 0 Å². The van der Waals surface area contributed by atoms with Gasteiger partial charge in [0.15, 0.2) is 0 Å². The first kappa shape index (κ1) is 9.93. The molecule has 2 N–H and O–H groups in total. The van der Waals surface area contributed by atoms with E-state index < -0.39 is 5.60 Å². The lowest BCUT2D eigenvalue weighted by molar-refractivity contribution is -0.159. The van der Waals surface area contributed by atoms with Gasteiger partial charge in [0.25, 0.3) is 0 Å². The van der Waals surface area contributed by atoms with Crippen molar-refractivity contribution in [2.24, 2.45) is 5.92 Å². The second kappa shape index (κ2) is 3.51. The highest BCUT2D eigenvalue weighted by Gasteiger charge is 2.43. The van der Waals surface area contributed by atoms with Crippen LogP contribution in [0.4, 0.5) is 0 Å². The van der Waals surface area contributed by atoms with Crippen LogP contribution in [0, 0.1) is 5.92 Å². The molecule has 1 unspecified atom stereocenters. The average molecular weight is 198 g/mol. The van der Waals surface area contributed by atoms with Crippen LogP contribution in [-0.4, -0.2) is 47.7 Å². The Morgan fingerprint density at radius 1 is 1.64 bits per heavy atom. The summed E-state index contributed by atoms with van der Waals surface area (Å²) >= 11 is 0. The maximum Gasteiger partial charge on any atom is 0.227 e. The van der Waals surface area contributed by atoms with Crippen LogP contribution in [-0.2, 0) is 4.79 Å². The van der Waals surface area contributed by atoms with E-state index in [0.717, 1.165) is 25.9 Å². The molecule has 2 rings (SSSR count). The zero-order valence-corrected chi connectivity index (χ0v) is 8.62. The lowest BCUT2D eigenvalue weighted by Gasteiger charge is -2.47. The summed E-state index contributed by atoms with van der Waals surface area (Å²) in [7, 11) is 0. The lowest BCUT2D eigenvalue weighted by Crippen LogP contribution is -2.64. The van der Waals surface area contributed by atoms with Crippen LogP contribution in [0.5, 0.6) is 0 Å². The lowest BCUT2D eigenvalue weighted by atomic mass is 9.90. The van der Waals surface area contributed by atoms with Crippen molar-refractivity contribution < 1.29 is 9.90 Å². The molecule has 2 aliphatic heterocycles. The van der Waals surface area contributed by atoms with E-state index in [0.29, 0.717) is 13.1 Å².